The van der Waals surface area contributed by atoms with Gasteiger partial charge in [0.05, 0.1) is 11.6 Å². The SMILES string of the molecule is CC(C)C1CCC(C(=O)O)C(c2c(Br)nnn2C)C1. The summed E-state index contributed by atoms with van der Waals surface area (Å²) >= 11 is 3.40. The van der Waals surface area contributed by atoms with Gasteiger partial charge >= 0.3 is 5.97 Å². The first kappa shape index (κ1) is 14.5. The third kappa shape index (κ3) is 2.83. The summed E-state index contributed by atoms with van der Waals surface area (Å²) in [5.74, 6) is 0.108. The monoisotopic (exact) mass is 329 g/mol. The molecule has 1 aliphatic carbocycles. The molecule has 3 unspecified atom stereocenters. The molecular formula is C13H20BrN3O2. The summed E-state index contributed by atoms with van der Waals surface area (Å²) in [5, 5.41) is 17.4. The van der Waals surface area contributed by atoms with Crippen LogP contribution in [0.1, 0.15) is 44.7 Å². The zero-order valence-electron chi connectivity index (χ0n) is 11.5. The van der Waals surface area contributed by atoms with Gasteiger partial charge in [-0.3, -0.25) is 9.48 Å². The van der Waals surface area contributed by atoms with Crippen molar-refractivity contribution in [3.63, 3.8) is 0 Å². The number of aliphatic carboxylic acids is 1. The topological polar surface area (TPSA) is 68.0 Å². The number of carboxylic acids is 1. The van der Waals surface area contributed by atoms with Crippen LogP contribution in [0.2, 0.25) is 0 Å². The first-order valence-corrected chi connectivity index (χ1v) is 7.49. The van der Waals surface area contributed by atoms with Crippen molar-refractivity contribution in [3.8, 4) is 0 Å². The summed E-state index contributed by atoms with van der Waals surface area (Å²) in [4.78, 5) is 11.5. The lowest BCUT2D eigenvalue weighted by molar-refractivity contribution is -0.144. The van der Waals surface area contributed by atoms with Crippen molar-refractivity contribution in [2.45, 2.75) is 39.0 Å². The molecule has 106 valence electrons. The fraction of sp³-hybridized carbons (Fsp3) is 0.769. The Bertz CT molecular complexity index is 453. The molecule has 1 aromatic heterocycles. The predicted octanol–water partition coefficient (Wildman–Crippen LogP) is 2.82. The molecule has 0 saturated heterocycles. The number of halogens is 1. The first-order valence-electron chi connectivity index (χ1n) is 6.69. The van der Waals surface area contributed by atoms with E-state index >= 15 is 0 Å². The number of aryl methyl sites for hydroxylation is 1. The Kier molecular flexibility index (Phi) is 4.28. The predicted molar refractivity (Wildman–Crippen MR) is 74.7 cm³/mol. The molecule has 3 atom stereocenters. The Morgan fingerprint density at radius 1 is 1.47 bits per heavy atom. The minimum atomic E-state index is -0.708. The van der Waals surface area contributed by atoms with Gasteiger partial charge in [-0.25, -0.2) is 0 Å². The highest BCUT2D eigenvalue weighted by atomic mass is 79.9. The van der Waals surface area contributed by atoms with E-state index < -0.39 is 5.97 Å². The zero-order chi connectivity index (χ0) is 14.2. The molecule has 1 heterocycles. The molecule has 5 nitrogen and oxygen atoms in total. The highest BCUT2D eigenvalue weighted by Crippen LogP contribution is 2.44. The van der Waals surface area contributed by atoms with E-state index in [1.165, 1.54) is 0 Å². The lowest BCUT2D eigenvalue weighted by Crippen LogP contribution is -2.32. The molecule has 0 aliphatic heterocycles. The van der Waals surface area contributed by atoms with Gasteiger partial charge < -0.3 is 5.11 Å². The number of carbonyl (C=O) groups is 1. The van der Waals surface area contributed by atoms with Crippen molar-refractivity contribution in [1.82, 2.24) is 15.0 Å². The van der Waals surface area contributed by atoms with E-state index in [0.717, 1.165) is 25.0 Å². The normalized spacial score (nSPS) is 27.7. The number of rotatable bonds is 3. The lowest BCUT2D eigenvalue weighted by atomic mass is 9.69. The Balaban J connectivity index is 2.33. The van der Waals surface area contributed by atoms with Gasteiger partial charge in [-0.2, -0.15) is 0 Å². The van der Waals surface area contributed by atoms with Crippen LogP contribution in [0.4, 0.5) is 0 Å². The van der Waals surface area contributed by atoms with Gasteiger partial charge in [-0.05, 0) is 47.0 Å². The average molecular weight is 330 g/mol. The number of carboxylic acid groups (broad SMARTS) is 1. The van der Waals surface area contributed by atoms with E-state index in [1.54, 1.807) is 4.68 Å². The molecular weight excluding hydrogens is 310 g/mol. The molecule has 1 fully saturated rings. The van der Waals surface area contributed by atoms with Crippen molar-refractivity contribution in [2.24, 2.45) is 24.8 Å². The van der Waals surface area contributed by atoms with E-state index in [4.69, 9.17) is 0 Å². The fourth-order valence-electron chi connectivity index (χ4n) is 3.14. The van der Waals surface area contributed by atoms with Crippen molar-refractivity contribution in [3.05, 3.63) is 10.3 Å². The number of hydrogen-bond donors (Lipinski definition) is 1. The maximum Gasteiger partial charge on any atom is 0.307 e. The first-order chi connectivity index (χ1) is 8.91. The molecule has 0 spiro atoms. The standard InChI is InChI=1S/C13H20BrN3O2/c1-7(2)8-4-5-9(13(18)19)10(6-8)11-12(14)15-16-17(11)3/h7-10H,4-6H2,1-3H3,(H,18,19). The summed E-state index contributed by atoms with van der Waals surface area (Å²) < 4.78 is 2.38. The maximum absolute atomic E-state index is 11.5. The Morgan fingerprint density at radius 2 is 2.16 bits per heavy atom. The molecule has 19 heavy (non-hydrogen) atoms. The number of aromatic nitrogens is 3. The number of nitrogens with zero attached hydrogens (tertiary/aromatic N) is 3. The molecule has 0 bridgehead atoms. The summed E-state index contributed by atoms with van der Waals surface area (Å²) in [6.45, 7) is 4.42. The second-order valence-corrected chi connectivity index (χ2v) is 6.51. The van der Waals surface area contributed by atoms with Gasteiger partial charge in [0.2, 0.25) is 0 Å². The van der Waals surface area contributed by atoms with Crippen LogP contribution in [0.5, 0.6) is 0 Å². The number of hydrogen-bond acceptors (Lipinski definition) is 3. The van der Waals surface area contributed by atoms with Gasteiger partial charge in [0.15, 0.2) is 4.60 Å². The van der Waals surface area contributed by atoms with Crippen molar-refractivity contribution < 1.29 is 9.90 Å². The van der Waals surface area contributed by atoms with E-state index in [2.05, 4.69) is 40.1 Å². The minimum Gasteiger partial charge on any atom is -0.481 e. The smallest absolute Gasteiger partial charge is 0.307 e. The molecule has 0 amide bonds. The summed E-state index contributed by atoms with van der Waals surface area (Å²) in [5.41, 5.74) is 0.915. The second-order valence-electron chi connectivity index (χ2n) is 5.76. The molecule has 6 heteroatoms. The molecule has 1 N–H and O–H groups in total. The van der Waals surface area contributed by atoms with Crippen LogP contribution in [-0.4, -0.2) is 26.1 Å². The minimum absolute atomic E-state index is 0.00646. The largest absolute Gasteiger partial charge is 0.481 e. The fourth-order valence-corrected chi connectivity index (χ4v) is 3.76. The maximum atomic E-state index is 11.5. The van der Waals surface area contributed by atoms with Crippen LogP contribution in [-0.2, 0) is 11.8 Å². The van der Waals surface area contributed by atoms with E-state index in [9.17, 15) is 9.90 Å². The van der Waals surface area contributed by atoms with Crippen LogP contribution >= 0.6 is 15.9 Å². The molecule has 0 radical (unpaired) electrons. The van der Waals surface area contributed by atoms with E-state index in [0.29, 0.717) is 16.4 Å². The van der Waals surface area contributed by atoms with E-state index in [-0.39, 0.29) is 11.8 Å². The van der Waals surface area contributed by atoms with Gasteiger partial charge in [0, 0.05) is 13.0 Å². The van der Waals surface area contributed by atoms with Crippen LogP contribution < -0.4 is 0 Å². The molecule has 1 aromatic rings. The highest BCUT2D eigenvalue weighted by Gasteiger charge is 2.39. The van der Waals surface area contributed by atoms with Crippen LogP contribution in [0.3, 0.4) is 0 Å². The molecule has 2 rings (SSSR count). The van der Waals surface area contributed by atoms with Gasteiger partial charge in [-0.1, -0.05) is 19.1 Å². The summed E-state index contributed by atoms with van der Waals surface area (Å²) in [6, 6.07) is 0. The Labute approximate surface area is 121 Å². The van der Waals surface area contributed by atoms with Crippen LogP contribution in [0.15, 0.2) is 4.60 Å². The Morgan fingerprint density at radius 3 is 2.63 bits per heavy atom. The third-order valence-electron chi connectivity index (χ3n) is 4.33. The quantitative estimate of drug-likeness (QED) is 0.925. The van der Waals surface area contributed by atoms with Crippen LogP contribution in [0, 0.1) is 17.8 Å². The second kappa shape index (κ2) is 5.61. The van der Waals surface area contributed by atoms with E-state index in [1.807, 2.05) is 7.05 Å². The van der Waals surface area contributed by atoms with Gasteiger partial charge in [0.25, 0.3) is 0 Å². The van der Waals surface area contributed by atoms with Crippen molar-refractivity contribution in [2.75, 3.05) is 0 Å². The lowest BCUT2D eigenvalue weighted by Gasteiger charge is -2.35. The zero-order valence-corrected chi connectivity index (χ0v) is 13.1. The summed E-state index contributed by atoms with van der Waals surface area (Å²) in [6.07, 6.45) is 2.63. The third-order valence-corrected chi connectivity index (χ3v) is 4.89. The molecule has 1 aliphatic rings. The van der Waals surface area contributed by atoms with Crippen LogP contribution in [0.25, 0.3) is 0 Å². The Hall–Kier alpha value is -0.910. The average Bonchev–Trinajstić information content (AvgIpc) is 2.68. The molecule has 0 aromatic carbocycles. The highest BCUT2D eigenvalue weighted by molar-refractivity contribution is 9.10. The van der Waals surface area contributed by atoms with Crippen molar-refractivity contribution >= 4 is 21.9 Å². The van der Waals surface area contributed by atoms with Gasteiger partial charge in [0.1, 0.15) is 0 Å². The van der Waals surface area contributed by atoms with Crippen molar-refractivity contribution in [1.29, 1.82) is 0 Å². The summed E-state index contributed by atoms with van der Waals surface area (Å²) in [7, 11) is 1.82. The molecule has 1 saturated carbocycles. The van der Waals surface area contributed by atoms with Gasteiger partial charge in [-0.15, -0.1) is 5.10 Å².